The van der Waals surface area contributed by atoms with Crippen LogP contribution in [0.4, 0.5) is 0 Å². The maximum atomic E-state index is 3.70. The molecule has 0 aliphatic heterocycles. The van der Waals surface area contributed by atoms with Gasteiger partial charge in [-0.05, 0) is 29.5 Å². The Morgan fingerprint density at radius 1 is 1.11 bits per heavy atom. The van der Waals surface area contributed by atoms with E-state index in [1.807, 2.05) is 11.3 Å². The summed E-state index contributed by atoms with van der Waals surface area (Å²) in [4.78, 5) is 1.39. The molecule has 2 rings (SSSR count). The van der Waals surface area contributed by atoms with E-state index in [2.05, 4.69) is 67.0 Å². The van der Waals surface area contributed by atoms with Crippen molar-refractivity contribution in [1.82, 2.24) is 5.32 Å². The molecular formula is C16H21NS. The van der Waals surface area contributed by atoms with Gasteiger partial charge in [0.1, 0.15) is 0 Å². The first-order valence-electron chi connectivity index (χ1n) is 6.63. The van der Waals surface area contributed by atoms with Gasteiger partial charge in [-0.2, -0.15) is 0 Å². The van der Waals surface area contributed by atoms with Crippen molar-refractivity contribution in [2.75, 3.05) is 6.54 Å². The highest BCUT2D eigenvalue weighted by molar-refractivity contribution is 7.10. The predicted molar refractivity (Wildman–Crippen MR) is 80.1 cm³/mol. The van der Waals surface area contributed by atoms with E-state index in [0.717, 1.165) is 12.5 Å². The van der Waals surface area contributed by atoms with E-state index < -0.39 is 0 Å². The van der Waals surface area contributed by atoms with Crippen molar-refractivity contribution in [1.29, 1.82) is 0 Å². The average molecular weight is 259 g/mol. The zero-order valence-corrected chi connectivity index (χ0v) is 11.9. The third kappa shape index (κ3) is 3.44. The van der Waals surface area contributed by atoms with Crippen LogP contribution in [0.3, 0.4) is 0 Å². The molecule has 0 saturated carbocycles. The SMILES string of the molecule is CCC(C)CNC(c1ccccc1)c1cccs1. The van der Waals surface area contributed by atoms with Crippen LogP contribution in [0, 0.1) is 5.92 Å². The normalized spacial score (nSPS) is 14.3. The van der Waals surface area contributed by atoms with Crippen molar-refractivity contribution in [2.45, 2.75) is 26.3 Å². The lowest BCUT2D eigenvalue weighted by atomic mass is 10.0. The van der Waals surface area contributed by atoms with Gasteiger partial charge in [-0.1, -0.05) is 56.7 Å². The fraction of sp³-hybridized carbons (Fsp3) is 0.375. The molecular weight excluding hydrogens is 238 g/mol. The molecule has 2 unspecified atom stereocenters. The molecule has 2 heteroatoms. The monoisotopic (exact) mass is 259 g/mol. The summed E-state index contributed by atoms with van der Waals surface area (Å²) < 4.78 is 0. The van der Waals surface area contributed by atoms with E-state index in [1.54, 1.807) is 0 Å². The summed E-state index contributed by atoms with van der Waals surface area (Å²) in [5.74, 6) is 0.719. The molecule has 0 fully saturated rings. The third-order valence-corrected chi connectivity index (χ3v) is 4.27. The Kier molecular flexibility index (Phi) is 4.97. The maximum Gasteiger partial charge on any atom is 0.0671 e. The molecule has 2 atom stereocenters. The third-order valence-electron chi connectivity index (χ3n) is 3.33. The molecule has 1 nitrogen and oxygen atoms in total. The van der Waals surface area contributed by atoms with Crippen LogP contribution >= 0.6 is 11.3 Å². The Labute approximate surface area is 114 Å². The minimum atomic E-state index is 0.334. The van der Waals surface area contributed by atoms with E-state index in [-0.39, 0.29) is 0 Å². The first kappa shape index (κ1) is 13.3. The Bertz CT molecular complexity index is 435. The second kappa shape index (κ2) is 6.72. The van der Waals surface area contributed by atoms with Gasteiger partial charge in [0.25, 0.3) is 0 Å². The Morgan fingerprint density at radius 3 is 2.50 bits per heavy atom. The summed E-state index contributed by atoms with van der Waals surface area (Å²) in [6.45, 7) is 5.60. The minimum Gasteiger partial charge on any atom is -0.305 e. The van der Waals surface area contributed by atoms with Gasteiger partial charge in [0.2, 0.25) is 0 Å². The average Bonchev–Trinajstić information content (AvgIpc) is 2.94. The quantitative estimate of drug-likeness (QED) is 0.807. The van der Waals surface area contributed by atoms with Gasteiger partial charge in [-0.15, -0.1) is 11.3 Å². The van der Waals surface area contributed by atoms with Gasteiger partial charge in [0.15, 0.2) is 0 Å². The van der Waals surface area contributed by atoms with Crippen molar-refractivity contribution in [3.63, 3.8) is 0 Å². The second-order valence-electron chi connectivity index (χ2n) is 4.78. The molecule has 1 aromatic carbocycles. The minimum absolute atomic E-state index is 0.334. The first-order chi connectivity index (χ1) is 8.81. The van der Waals surface area contributed by atoms with Crippen LogP contribution in [0.15, 0.2) is 47.8 Å². The summed E-state index contributed by atoms with van der Waals surface area (Å²) in [7, 11) is 0. The number of rotatable bonds is 6. The lowest BCUT2D eigenvalue weighted by Gasteiger charge is -2.20. The summed E-state index contributed by atoms with van der Waals surface area (Å²) in [5, 5.41) is 5.85. The van der Waals surface area contributed by atoms with Crippen LogP contribution in [0.2, 0.25) is 0 Å². The largest absolute Gasteiger partial charge is 0.305 e. The van der Waals surface area contributed by atoms with Crippen molar-refractivity contribution >= 4 is 11.3 Å². The molecule has 0 saturated heterocycles. The van der Waals surface area contributed by atoms with Gasteiger partial charge in [0, 0.05) is 4.88 Å². The number of nitrogens with one attached hydrogen (secondary N) is 1. The molecule has 0 aliphatic rings. The lowest BCUT2D eigenvalue weighted by Crippen LogP contribution is -2.26. The van der Waals surface area contributed by atoms with Crippen LogP contribution < -0.4 is 5.32 Å². The molecule has 0 spiro atoms. The highest BCUT2D eigenvalue weighted by atomic mass is 32.1. The van der Waals surface area contributed by atoms with Crippen LogP contribution in [0.1, 0.15) is 36.8 Å². The van der Waals surface area contributed by atoms with E-state index in [0.29, 0.717) is 6.04 Å². The van der Waals surface area contributed by atoms with Gasteiger partial charge in [0.05, 0.1) is 6.04 Å². The smallest absolute Gasteiger partial charge is 0.0671 e. The van der Waals surface area contributed by atoms with Gasteiger partial charge < -0.3 is 5.32 Å². The molecule has 0 amide bonds. The molecule has 96 valence electrons. The topological polar surface area (TPSA) is 12.0 Å². The Morgan fingerprint density at radius 2 is 1.89 bits per heavy atom. The van der Waals surface area contributed by atoms with Crippen molar-refractivity contribution in [3.05, 3.63) is 58.3 Å². The van der Waals surface area contributed by atoms with E-state index in [9.17, 15) is 0 Å². The molecule has 18 heavy (non-hydrogen) atoms. The molecule has 2 aromatic rings. The summed E-state index contributed by atoms with van der Waals surface area (Å²) in [6.07, 6.45) is 1.22. The van der Waals surface area contributed by atoms with E-state index >= 15 is 0 Å². The van der Waals surface area contributed by atoms with Crippen LogP contribution in [-0.2, 0) is 0 Å². The Hall–Kier alpha value is -1.12. The van der Waals surface area contributed by atoms with Crippen molar-refractivity contribution in [2.24, 2.45) is 5.92 Å². The number of hydrogen-bond donors (Lipinski definition) is 1. The molecule has 0 radical (unpaired) electrons. The summed E-state index contributed by atoms with van der Waals surface area (Å²) >= 11 is 1.82. The number of hydrogen-bond acceptors (Lipinski definition) is 2. The lowest BCUT2D eigenvalue weighted by molar-refractivity contribution is 0.475. The highest BCUT2D eigenvalue weighted by Gasteiger charge is 2.14. The highest BCUT2D eigenvalue weighted by Crippen LogP contribution is 2.26. The van der Waals surface area contributed by atoms with Crippen LogP contribution in [0.5, 0.6) is 0 Å². The standard InChI is InChI=1S/C16H21NS/c1-3-13(2)12-17-16(15-10-7-11-18-15)14-8-5-4-6-9-14/h4-11,13,16-17H,3,12H2,1-2H3. The fourth-order valence-electron chi connectivity index (χ4n) is 1.95. The van der Waals surface area contributed by atoms with E-state index in [1.165, 1.54) is 16.9 Å². The number of benzene rings is 1. The van der Waals surface area contributed by atoms with Gasteiger partial charge in [-0.3, -0.25) is 0 Å². The summed E-state index contributed by atoms with van der Waals surface area (Å²) in [5.41, 5.74) is 1.35. The Balaban J connectivity index is 2.14. The van der Waals surface area contributed by atoms with Crippen molar-refractivity contribution in [3.8, 4) is 0 Å². The zero-order chi connectivity index (χ0) is 12.8. The van der Waals surface area contributed by atoms with Gasteiger partial charge >= 0.3 is 0 Å². The first-order valence-corrected chi connectivity index (χ1v) is 7.51. The maximum absolute atomic E-state index is 3.70. The second-order valence-corrected chi connectivity index (χ2v) is 5.76. The zero-order valence-electron chi connectivity index (χ0n) is 11.1. The molecule has 1 N–H and O–H groups in total. The van der Waals surface area contributed by atoms with E-state index in [4.69, 9.17) is 0 Å². The predicted octanol–water partition coefficient (Wildman–Crippen LogP) is 4.47. The van der Waals surface area contributed by atoms with Crippen LogP contribution in [0.25, 0.3) is 0 Å². The van der Waals surface area contributed by atoms with Gasteiger partial charge in [-0.25, -0.2) is 0 Å². The summed E-state index contributed by atoms with van der Waals surface area (Å²) in [6, 6.07) is 15.4. The molecule has 0 bridgehead atoms. The molecule has 0 aliphatic carbocycles. The fourth-order valence-corrected chi connectivity index (χ4v) is 2.77. The van der Waals surface area contributed by atoms with Crippen molar-refractivity contribution < 1.29 is 0 Å². The molecule has 1 aromatic heterocycles. The molecule has 1 heterocycles. The number of thiophene rings is 1. The van der Waals surface area contributed by atoms with Crippen LogP contribution in [-0.4, -0.2) is 6.54 Å².